The summed E-state index contributed by atoms with van der Waals surface area (Å²) in [5.41, 5.74) is 9.17. The van der Waals surface area contributed by atoms with Crippen LogP contribution < -0.4 is 0 Å². The fraction of sp³-hybridized carbons (Fsp3) is 0. The summed E-state index contributed by atoms with van der Waals surface area (Å²) in [5.74, 6) is 1.38. The third kappa shape index (κ3) is 9.08. The van der Waals surface area contributed by atoms with Gasteiger partial charge in [-0.25, -0.2) is 0 Å². The van der Waals surface area contributed by atoms with Gasteiger partial charge >= 0.3 is 0 Å². The lowest BCUT2D eigenvalue weighted by Crippen LogP contribution is -1.95. The number of nitrogens with one attached hydrogen (secondary N) is 1. The molecule has 9 rings (SSSR count). The SMILES string of the molecule is [2H]/C(C(=N)C(/C=C\C(=C\C=C)C(=C)/C=C\C(=C)c1c(-c2ccccc2)oc(-c2c3ccccc3c(-c3ccccc3)c3ccccc23)c1-c1ccccc1)=C\C=C)=C(\[2H])c1cc2nc([2H])c([2H])cc2cc1[2H]. The van der Waals surface area contributed by atoms with Crippen molar-refractivity contribution in [1.82, 2.24) is 4.98 Å². The van der Waals surface area contributed by atoms with Gasteiger partial charge in [-0.3, -0.25) is 4.98 Å². The molecule has 0 saturated heterocycles. The van der Waals surface area contributed by atoms with Crippen LogP contribution in [0.1, 0.15) is 18.0 Å². The van der Waals surface area contributed by atoms with E-state index in [-0.39, 0.29) is 41.2 Å². The molecule has 0 atom stereocenters. The fourth-order valence-electron chi connectivity index (χ4n) is 8.36. The zero-order chi connectivity index (χ0) is 50.5. The quantitative estimate of drug-likeness (QED) is 0.0634. The molecule has 0 spiro atoms. The number of benzene rings is 7. The zero-order valence-electron chi connectivity index (χ0n) is 41.8. The van der Waals surface area contributed by atoms with E-state index < -0.39 is 6.05 Å². The standard InChI is InChI=1S/C64H48N2O/c1-5-21-47(39-40-48(22-6-2)57(65)41-37-46-36-38-49-29-20-42-66-58(49)43-46)44(3)34-35-45(4)59-61(51-25-12-8-13-26-51)64(67-63(59)52-27-14-9-15-28-52)62-55-32-18-16-30-53(55)60(50-23-10-7-11-24-50)54-31-17-19-33-56(54)62/h5-43,65H,1-4H2/b35-34-,40-39-,41-37-,47-21-,48-22-,65-57?/i20D,36D,37D,41D,42D. The van der Waals surface area contributed by atoms with Crippen molar-refractivity contribution in [2.75, 3.05) is 0 Å². The van der Waals surface area contributed by atoms with E-state index >= 15 is 0 Å². The Kier molecular flexibility index (Phi) is 11.1. The van der Waals surface area contributed by atoms with Crippen molar-refractivity contribution in [2.45, 2.75) is 0 Å². The summed E-state index contributed by atoms with van der Waals surface area (Å²) in [7, 11) is 0. The molecular formula is C64H48N2O. The van der Waals surface area contributed by atoms with Crippen molar-refractivity contribution in [3.05, 3.63) is 285 Å². The lowest BCUT2D eigenvalue weighted by molar-refractivity contribution is 0.598. The molecule has 7 aromatic carbocycles. The summed E-state index contributed by atoms with van der Waals surface area (Å²) in [6.07, 6.45) is 13.5. The van der Waals surface area contributed by atoms with E-state index in [1.165, 1.54) is 24.3 Å². The highest BCUT2D eigenvalue weighted by molar-refractivity contribution is 6.22. The predicted molar refractivity (Wildman–Crippen MR) is 287 cm³/mol. The summed E-state index contributed by atoms with van der Waals surface area (Å²) in [5, 5.41) is 13.8. The van der Waals surface area contributed by atoms with E-state index in [2.05, 4.69) is 110 Å². The van der Waals surface area contributed by atoms with Crippen molar-refractivity contribution in [3.63, 3.8) is 0 Å². The molecule has 9 aromatic rings. The average molecular weight is 866 g/mol. The third-order valence-electron chi connectivity index (χ3n) is 11.5. The molecule has 0 unspecified atom stereocenters. The molecule has 0 radical (unpaired) electrons. The normalized spacial score (nSPS) is 13.5. The number of pyridine rings is 1. The van der Waals surface area contributed by atoms with Crippen LogP contribution in [0.4, 0.5) is 0 Å². The minimum absolute atomic E-state index is 0.0624. The van der Waals surface area contributed by atoms with Gasteiger partial charge in [-0.2, -0.15) is 0 Å². The molecule has 0 fully saturated rings. The van der Waals surface area contributed by atoms with Gasteiger partial charge in [0.15, 0.2) is 0 Å². The molecule has 1 N–H and O–H groups in total. The summed E-state index contributed by atoms with van der Waals surface area (Å²) in [6.45, 7) is 16.9. The number of aromatic nitrogens is 1. The average Bonchev–Trinajstić information content (AvgIpc) is 3.81. The summed E-state index contributed by atoms with van der Waals surface area (Å²) in [4.78, 5) is 4.14. The first kappa shape index (κ1) is 37.5. The Balaban J connectivity index is 1.12. The van der Waals surface area contributed by atoms with E-state index in [0.717, 1.165) is 60.5 Å². The Labute approximate surface area is 399 Å². The number of furan rings is 1. The van der Waals surface area contributed by atoms with E-state index in [9.17, 15) is 0 Å². The molecule has 320 valence electrons. The second kappa shape index (κ2) is 19.9. The number of fused-ring (bicyclic) bond motifs is 3. The highest BCUT2D eigenvalue weighted by Crippen LogP contribution is 2.51. The number of hydrogen-bond acceptors (Lipinski definition) is 3. The van der Waals surface area contributed by atoms with Gasteiger partial charge in [0.05, 0.1) is 18.1 Å². The maximum Gasteiger partial charge on any atom is 0.144 e. The van der Waals surface area contributed by atoms with Gasteiger partial charge < -0.3 is 9.83 Å². The molecule has 0 aliphatic carbocycles. The molecule has 3 heteroatoms. The van der Waals surface area contributed by atoms with Gasteiger partial charge in [-0.1, -0.05) is 239 Å². The monoisotopic (exact) mass is 865 g/mol. The Morgan fingerprint density at radius 3 is 1.73 bits per heavy atom. The maximum atomic E-state index is 9.04. The van der Waals surface area contributed by atoms with Gasteiger partial charge in [0.2, 0.25) is 0 Å². The van der Waals surface area contributed by atoms with Gasteiger partial charge in [-0.05, 0) is 84.3 Å². The number of hydrogen-bond donors (Lipinski definition) is 1. The van der Waals surface area contributed by atoms with Crippen LogP contribution in [0.3, 0.4) is 0 Å². The van der Waals surface area contributed by atoms with Crippen molar-refractivity contribution < 1.29 is 11.3 Å². The minimum Gasteiger partial charge on any atom is -0.455 e. The Bertz CT molecular complexity index is 3760. The van der Waals surface area contributed by atoms with Crippen molar-refractivity contribution >= 4 is 49.8 Å². The number of nitrogens with zero attached hydrogens (tertiary/aromatic N) is 1. The predicted octanol–water partition coefficient (Wildman–Crippen LogP) is 17.4. The zero-order valence-corrected chi connectivity index (χ0v) is 36.8. The van der Waals surface area contributed by atoms with Crippen LogP contribution in [0.25, 0.3) is 89.0 Å². The summed E-state index contributed by atoms with van der Waals surface area (Å²) >= 11 is 0. The van der Waals surface area contributed by atoms with Crippen LogP contribution in [0.15, 0.2) is 278 Å². The number of rotatable bonds is 15. The van der Waals surface area contributed by atoms with E-state index in [4.69, 9.17) is 23.3 Å². The lowest BCUT2D eigenvalue weighted by Gasteiger charge is -2.17. The highest BCUT2D eigenvalue weighted by Gasteiger charge is 2.28. The van der Waals surface area contributed by atoms with Crippen molar-refractivity contribution in [1.29, 1.82) is 5.41 Å². The molecular weight excluding hydrogens is 813 g/mol. The minimum atomic E-state index is -0.427. The Hall–Kier alpha value is -8.92. The second-order valence-electron chi connectivity index (χ2n) is 15.7. The van der Waals surface area contributed by atoms with Crippen LogP contribution in [0.5, 0.6) is 0 Å². The smallest absolute Gasteiger partial charge is 0.144 e. The van der Waals surface area contributed by atoms with Crippen LogP contribution in [-0.2, 0) is 0 Å². The van der Waals surface area contributed by atoms with E-state index in [1.807, 2.05) is 66.7 Å². The molecule has 67 heavy (non-hydrogen) atoms. The van der Waals surface area contributed by atoms with Gasteiger partial charge in [0.1, 0.15) is 11.5 Å². The lowest BCUT2D eigenvalue weighted by atomic mass is 9.85. The first-order chi connectivity index (χ1) is 35.0. The largest absolute Gasteiger partial charge is 0.455 e. The summed E-state index contributed by atoms with van der Waals surface area (Å²) < 4.78 is 49.6. The van der Waals surface area contributed by atoms with Crippen molar-refractivity contribution in [2.24, 2.45) is 0 Å². The molecule has 0 aliphatic rings. The van der Waals surface area contributed by atoms with Crippen molar-refractivity contribution in [3.8, 4) is 44.9 Å². The first-order valence-electron chi connectivity index (χ1n) is 24.3. The van der Waals surface area contributed by atoms with E-state index in [0.29, 0.717) is 39.1 Å². The van der Waals surface area contributed by atoms with Gasteiger partial charge in [0, 0.05) is 33.8 Å². The molecule has 0 bridgehead atoms. The first-order valence-corrected chi connectivity index (χ1v) is 21.8. The second-order valence-corrected chi connectivity index (χ2v) is 15.7. The number of allylic oxidation sites excluding steroid dienone is 13. The van der Waals surface area contributed by atoms with Crippen LogP contribution >= 0.6 is 0 Å². The van der Waals surface area contributed by atoms with Crippen LogP contribution in [-0.4, -0.2) is 10.7 Å². The maximum absolute atomic E-state index is 9.04. The van der Waals surface area contributed by atoms with Crippen LogP contribution in [0, 0.1) is 5.41 Å². The molecule has 0 aliphatic heterocycles. The van der Waals surface area contributed by atoms with Gasteiger partial charge in [-0.15, -0.1) is 0 Å². The molecule has 2 heterocycles. The summed E-state index contributed by atoms with van der Waals surface area (Å²) in [6, 6.07) is 51.3. The van der Waals surface area contributed by atoms with Crippen LogP contribution in [0.2, 0.25) is 0 Å². The van der Waals surface area contributed by atoms with Gasteiger partial charge in [0.25, 0.3) is 0 Å². The molecule has 2 aromatic heterocycles. The fourth-order valence-corrected chi connectivity index (χ4v) is 8.36. The Morgan fingerprint density at radius 2 is 1.12 bits per heavy atom. The molecule has 0 amide bonds. The third-order valence-corrected chi connectivity index (χ3v) is 11.5. The molecule has 3 nitrogen and oxygen atoms in total. The topological polar surface area (TPSA) is 49.9 Å². The highest BCUT2D eigenvalue weighted by atomic mass is 16.3. The Morgan fingerprint density at radius 1 is 0.582 bits per heavy atom. The van der Waals surface area contributed by atoms with E-state index in [1.54, 1.807) is 30.4 Å². The molecule has 0 saturated carbocycles.